The number of carbonyl (C=O) groups is 3. The van der Waals surface area contributed by atoms with Crippen LogP contribution in [0.15, 0.2) is 122 Å². The molecule has 1 unspecified atom stereocenters. The molecule has 0 aromatic heterocycles. The molecule has 0 rings (SSSR count). The fourth-order valence-electron chi connectivity index (χ4n) is 9.07. The molecule has 6 heteroatoms. The molecule has 0 amide bonds. The van der Waals surface area contributed by atoms with Crippen LogP contribution >= 0.6 is 0 Å². The van der Waals surface area contributed by atoms with Crippen LogP contribution in [-0.4, -0.2) is 37.2 Å². The molecule has 0 saturated carbocycles. The van der Waals surface area contributed by atoms with Crippen LogP contribution in [0.5, 0.6) is 0 Å². The Labute approximate surface area is 488 Å². The Hall–Kier alpha value is -4.19. The molecular formula is C73H122O6. The van der Waals surface area contributed by atoms with E-state index in [0.717, 1.165) is 96.3 Å². The van der Waals surface area contributed by atoms with E-state index in [1.165, 1.54) is 161 Å². The zero-order valence-electron chi connectivity index (χ0n) is 51.6. The Morgan fingerprint density at radius 2 is 0.519 bits per heavy atom. The van der Waals surface area contributed by atoms with Crippen LogP contribution in [0.4, 0.5) is 0 Å². The highest BCUT2D eigenvalue weighted by Gasteiger charge is 2.19. The van der Waals surface area contributed by atoms with Gasteiger partial charge in [-0.15, -0.1) is 0 Å². The van der Waals surface area contributed by atoms with Crippen molar-refractivity contribution in [1.29, 1.82) is 0 Å². The normalized spacial score (nSPS) is 12.9. The van der Waals surface area contributed by atoms with E-state index in [0.29, 0.717) is 19.3 Å². The molecule has 1 atom stereocenters. The van der Waals surface area contributed by atoms with E-state index >= 15 is 0 Å². The predicted octanol–water partition coefficient (Wildman–Crippen LogP) is 22.8. The Bertz CT molecular complexity index is 1640. The third-order valence-electron chi connectivity index (χ3n) is 13.9. The number of hydrogen-bond acceptors (Lipinski definition) is 6. The maximum atomic E-state index is 12.9. The summed E-state index contributed by atoms with van der Waals surface area (Å²) in [5.74, 6) is -0.987. The molecule has 0 aromatic carbocycles. The fourth-order valence-corrected chi connectivity index (χ4v) is 9.07. The lowest BCUT2D eigenvalue weighted by atomic mass is 10.0. The van der Waals surface area contributed by atoms with Gasteiger partial charge >= 0.3 is 17.9 Å². The van der Waals surface area contributed by atoms with Gasteiger partial charge in [0.15, 0.2) is 6.10 Å². The molecule has 6 nitrogen and oxygen atoms in total. The molecule has 450 valence electrons. The Kier molecular flexibility index (Phi) is 62.8. The Morgan fingerprint density at radius 3 is 0.861 bits per heavy atom. The van der Waals surface area contributed by atoms with E-state index < -0.39 is 6.10 Å². The van der Waals surface area contributed by atoms with E-state index in [2.05, 4.69) is 136 Å². The molecule has 79 heavy (non-hydrogen) atoms. The van der Waals surface area contributed by atoms with Crippen molar-refractivity contribution in [2.75, 3.05) is 13.2 Å². The number of esters is 3. The number of hydrogen-bond donors (Lipinski definition) is 0. The number of carbonyl (C=O) groups excluding carboxylic acids is 3. The minimum absolute atomic E-state index is 0.103. The Morgan fingerprint density at radius 1 is 0.266 bits per heavy atom. The molecule has 0 aliphatic carbocycles. The second kappa shape index (κ2) is 66.3. The number of allylic oxidation sites excluding steroid dienone is 20. The van der Waals surface area contributed by atoms with Crippen LogP contribution in [0, 0.1) is 0 Å². The summed E-state index contributed by atoms with van der Waals surface area (Å²) >= 11 is 0. The molecule has 0 radical (unpaired) electrons. The average molecular weight is 1100 g/mol. The smallest absolute Gasteiger partial charge is 0.306 e. The minimum Gasteiger partial charge on any atom is -0.462 e. The van der Waals surface area contributed by atoms with Gasteiger partial charge in [0.1, 0.15) is 13.2 Å². The van der Waals surface area contributed by atoms with Crippen molar-refractivity contribution in [2.24, 2.45) is 0 Å². The maximum Gasteiger partial charge on any atom is 0.306 e. The average Bonchev–Trinajstić information content (AvgIpc) is 3.45. The lowest BCUT2D eigenvalue weighted by molar-refractivity contribution is -0.166. The number of rotatable bonds is 59. The maximum absolute atomic E-state index is 12.9. The molecule has 0 N–H and O–H groups in total. The van der Waals surface area contributed by atoms with Crippen molar-refractivity contribution in [3.8, 4) is 0 Å². The first-order chi connectivity index (χ1) is 39.0. The van der Waals surface area contributed by atoms with Gasteiger partial charge in [-0.3, -0.25) is 14.4 Å². The molecule has 0 aliphatic rings. The molecule has 0 spiro atoms. The minimum atomic E-state index is -0.813. The van der Waals surface area contributed by atoms with Gasteiger partial charge in [-0.2, -0.15) is 0 Å². The molecule has 0 bridgehead atoms. The molecular weight excluding hydrogens is 973 g/mol. The van der Waals surface area contributed by atoms with Crippen LogP contribution in [0.25, 0.3) is 0 Å². The molecule has 0 fully saturated rings. The zero-order chi connectivity index (χ0) is 57.1. The predicted molar refractivity (Wildman–Crippen MR) is 343 cm³/mol. The number of unbranched alkanes of at least 4 members (excludes halogenated alkanes) is 28. The monoisotopic (exact) mass is 1090 g/mol. The van der Waals surface area contributed by atoms with Crippen molar-refractivity contribution >= 4 is 17.9 Å². The van der Waals surface area contributed by atoms with Crippen molar-refractivity contribution in [3.05, 3.63) is 122 Å². The summed E-state index contributed by atoms with van der Waals surface area (Å²) in [5.41, 5.74) is 0. The van der Waals surface area contributed by atoms with Crippen LogP contribution in [0.3, 0.4) is 0 Å². The topological polar surface area (TPSA) is 78.9 Å². The van der Waals surface area contributed by atoms with Crippen molar-refractivity contribution in [1.82, 2.24) is 0 Å². The van der Waals surface area contributed by atoms with Gasteiger partial charge in [-0.1, -0.05) is 290 Å². The van der Waals surface area contributed by atoms with Gasteiger partial charge in [-0.05, 0) is 116 Å². The second-order valence-corrected chi connectivity index (χ2v) is 21.6. The van der Waals surface area contributed by atoms with E-state index in [1.54, 1.807) is 0 Å². The summed E-state index contributed by atoms with van der Waals surface area (Å²) in [6.07, 6.45) is 92.3. The van der Waals surface area contributed by atoms with Gasteiger partial charge in [0.2, 0.25) is 0 Å². The summed E-state index contributed by atoms with van der Waals surface area (Å²) in [4.78, 5) is 38.3. The van der Waals surface area contributed by atoms with Crippen molar-refractivity contribution in [3.63, 3.8) is 0 Å². The summed E-state index contributed by atoms with van der Waals surface area (Å²) in [6, 6.07) is 0. The standard InChI is InChI=1S/C73H122O6/c1-4-7-10-13-16-19-22-25-27-29-31-33-34-35-36-37-38-40-41-43-45-48-51-54-57-60-63-66-72(75)78-69-70(68-77-71(74)65-62-59-56-53-50-47-24-21-18-15-12-9-6-3)79-73(76)67-64-61-58-55-52-49-46-44-42-39-32-30-28-26-23-20-17-14-11-8-5-2/h7,9-10,12,16,18-19,21,25,27,30-33,35-36,47,50,56,59,70H,4-6,8,11,13-15,17,20,22-24,26,28-29,34,37-46,48-49,51-55,57-58,60-69H2,1-3H3/b10-7-,12-9-,19-16-,21-18-,27-25-,32-30-,33-31-,36-35-,50-47-,59-56-. The Balaban J connectivity index is 4.35. The third-order valence-corrected chi connectivity index (χ3v) is 13.9. The van der Waals surface area contributed by atoms with Crippen LogP contribution < -0.4 is 0 Å². The molecule has 0 aromatic rings. The summed E-state index contributed by atoms with van der Waals surface area (Å²) < 4.78 is 16.9. The van der Waals surface area contributed by atoms with Crippen molar-refractivity contribution in [2.45, 2.75) is 309 Å². The molecule has 0 aliphatic heterocycles. The summed E-state index contributed by atoms with van der Waals surface area (Å²) in [6.45, 7) is 6.36. The van der Waals surface area contributed by atoms with Gasteiger partial charge in [0.25, 0.3) is 0 Å². The first kappa shape index (κ1) is 74.8. The van der Waals surface area contributed by atoms with E-state index in [-0.39, 0.29) is 37.5 Å². The van der Waals surface area contributed by atoms with Gasteiger partial charge in [0, 0.05) is 19.3 Å². The third kappa shape index (κ3) is 64.5. The van der Waals surface area contributed by atoms with Crippen molar-refractivity contribution < 1.29 is 28.6 Å². The van der Waals surface area contributed by atoms with E-state index in [4.69, 9.17) is 14.2 Å². The first-order valence-corrected chi connectivity index (χ1v) is 33.0. The summed E-state index contributed by atoms with van der Waals surface area (Å²) in [5, 5.41) is 0. The lowest BCUT2D eigenvalue weighted by Gasteiger charge is -2.18. The fraction of sp³-hybridized carbons (Fsp3) is 0.685. The second-order valence-electron chi connectivity index (χ2n) is 21.6. The van der Waals surface area contributed by atoms with Crippen LogP contribution in [0.2, 0.25) is 0 Å². The first-order valence-electron chi connectivity index (χ1n) is 33.0. The van der Waals surface area contributed by atoms with Crippen LogP contribution in [0.1, 0.15) is 303 Å². The van der Waals surface area contributed by atoms with E-state index in [9.17, 15) is 14.4 Å². The van der Waals surface area contributed by atoms with E-state index in [1.807, 2.05) is 6.08 Å². The highest BCUT2D eigenvalue weighted by molar-refractivity contribution is 5.71. The molecule has 0 heterocycles. The summed E-state index contributed by atoms with van der Waals surface area (Å²) in [7, 11) is 0. The largest absolute Gasteiger partial charge is 0.462 e. The van der Waals surface area contributed by atoms with Gasteiger partial charge < -0.3 is 14.2 Å². The highest BCUT2D eigenvalue weighted by Crippen LogP contribution is 2.16. The molecule has 0 saturated heterocycles. The lowest BCUT2D eigenvalue weighted by Crippen LogP contribution is -2.30. The number of ether oxygens (including phenoxy) is 3. The SMILES string of the molecule is CC/C=C\C/C=C\C/C=C\C/C=C\C/C=C\CCCCCCCCCCCCCC(=O)OCC(COC(=O)CC/C=C\C/C=C\C/C=C\C/C=C\CC)OC(=O)CCCCCCCCCCC/C=C\CCCCCCCCCC. The van der Waals surface area contributed by atoms with Gasteiger partial charge in [-0.25, -0.2) is 0 Å². The zero-order valence-corrected chi connectivity index (χ0v) is 51.6. The van der Waals surface area contributed by atoms with Crippen LogP contribution in [-0.2, 0) is 28.6 Å². The highest BCUT2D eigenvalue weighted by atomic mass is 16.6. The van der Waals surface area contributed by atoms with Gasteiger partial charge in [0.05, 0.1) is 0 Å². The quantitative estimate of drug-likeness (QED) is 0.0261.